The number of fused-ring (bicyclic) bond motifs is 1. The minimum absolute atomic E-state index is 0.0515. The van der Waals surface area contributed by atoms with E-state index in [0.29, 0.717) is 6.54 Å². The molecule has 2 rings (SSSR count). The molecule has 0 fully saturated rings. The van der Waals surface area contributed by atoms with Crippen molar-refractivity contribution in [3.63, 3.8) is 0 Å². The minimum Gasteiger partial charge on any atom is -0.394 e. The lowest BCUT2D eigenvalue weighted by molar-refractivity contribution is 0.271. The molecule has 0 aliphatic heterocycles. The molecule has 0 atom stereocenters. The Morgan fingerprint density at radius 3 is 3.12 bits per heavy atom. The standard InChI is InChI=1S/C10H12N4OS/c1-2-5-16-10-8-6-13-14(3-4-15)9(8)11-7-12-10/h2,6-7,15H,1,3-5H2. The smallest absolute Gasteiger partial charge is 0.162 e. The second-order valence-corrected chi connectivity index (χ2v) is 4.12. The lowest BCUT2D eigenvalue weighted by atomic mass is 10.4. The van der Waals surface area contributed by atoms with E-state index in [9.17, 15) is 0 Å². The van der Waals surface area contributed by atoms with Crippen LogP contribution in [0.2, 0.25) is 0 Å². The summed E-state index contributed by atoms with van der Waals surface area (Å²) >= 11 is 1.60. The third-order valence-corrected chi connectivity index (χ3v) is 3.05. The van der Waals surface area contributed by atoms with E-state index in [2.05, 4.69) is 21.6 Å². The first-order valence-electron chi connectivity index (χ1n) is 4.88. The van der Waals surface area contributed by atoms with Gasteiger partial charge < -0.3 is 5.11 Å². The Balaban J connectivity index is 2.40. The fraction of sp³-hybridized carbons (Fsp3) is 0.300. The van der Waals surface area contributed by atoms with Crippen molar-refractivity contribution in [2.75, 3.05) is 12.4 Å². The molecule has 0 aromatic carbocycles. The zero-order chi connectivity index (χ0) is 11.4. The summed E-state index contributed by atoms with van der Waals surface area (Å²) in [7, 11) is 0. The first-order chi connectivity index (χ1) is 7.86. The average Bonchev–Trinajstić information content (AvgIpc) is 2.71. The van der Waals surface area contributed by atoms with Crippen molar-refractivity contribution in [3.05, 3.63) is 25.2 Å². The third kappa shape index (κ3) is 2.07. The molecule has 1 N–H and O–H groups in total. The van der Waals surface area contributed by atoms with Crippen LogP contribution in [-0.4, -0.2) is 37.2 Å². The molecule has 0 aliphatic rings. The van der Waals surface area contributed by atoms with Gasteiger partial charge in [-0.05, 0) is 0 Å². The van der Waals surface area contributed by atoms with Crippen LogP contribution >= 0.6 is 11.8 Å². The largest absolute Gasteiger partial charge is 0.394 e. The monoisotopic (exact) mass is 236 g/mol. The van der Waals surface area contributed by atoms with Gasteiger partial charge in [-0.2, -0.15) is 5.10 Å². The van der Waals surface area contributed by atoms with Crippen LogP contribution in [0, 0.1) is 0 Å². The third-order valence-electron chi connectivity index (χ3n) is 2.05. The highest BCUT2D eigenvalue weighted by atomic mass is 32.2. The molecule has 2 heterocycles. The van der Waals surface area contributed by atoms with Crippen LogP contribution in [0.5, 0.6) is 0 Å². The maximum atomic E-state index is 8.89. The fourth-order valence-corrected chi connectivity index (χ4v) is 2.08. The topological polar surface area (TPSA) is 63.8 Å². The number of thioether (sulfide) groups is 1. The van der Waals surface area contributed by atoms with E-state index in [1.807, 2.05) is 6.08 Å². The summed E-state index contributed by atoms with van der Waals surface area (Å²) in [5, 5.41) is 14.9. The Kier molecular flexibility index (Phi) is 3.53. The van der Waals surface area contributed by atoms with Crippen LogP contribution in [0.15, 0.2) is 30.2 Å². The maximum Gasteiger partial charge on any atom is 0.162 e. The summed E-state index contributed by atoms with van der Waals surface area (Å²) < 4.78 is 1.68. The quantitative estimate of drug-likeness (QED) is 0.478. The number of aromatic nitrogens is 4. The van der Waals surface area contributed by atoms with Gasteiger partial charge in [-0.3, -0.25) is 0 Å². The molecule has 84 valence electrons. The van der Waals surface area contributed by atoms with Crippen molar-refractivity contribution < 1.29 is 5.11 Å². The molecule has 5 nitrogen and oxygen atoms in total. The van der Waals surface area contributed by atoms with Crippen molar-refractivity contribution in [2.24, 2.45) is 0 Å². The molecule has 0 radical (unpaired) electrons. The first kappa shape index (κ1) is 11.1. The molecule has 16 heavy (non-hydrogen) atoms. The second kappa shape index (κ2) is 5.09. The van der Waals surface area contributed by atoms with Crippen LogP contribution in [0.25, 0.3) is 11.0 Å². The normalized spacial score (nSPS) is 10.8. The summed E-state index contributed by atoms with van der Waals surface area (Å²) in [4.78, 5) is 8.37. The summed E-state index contributed by atoms with van der Waals surface area (Å²) in [6.07, 6.45) is 5.08. The molecular formula is C10H12N4OS. The average molecular weight is 236 g/mol. The molecule has 6 heteroatoms. The highest BCUT2D eigenvalue weighted by molar-refractivity contribution is 7.99. The highest BCUT2D eigenvalue weighted by Crippen LogP contribution is 2.23. The van der Waals surface area contributed by atoms with Crippen molar-refractivity contribution in [2.45, 2.75) is 11.6 Å². The lowest BCUT2D eigenvalue weighted by Gasteiger charge is -2.01. The lowest BCUT2D eigenvalue weighted by Crippen LogP contribution is -2.04. The van der Waals surface area contributed by atoms with Gasteiger partial charge in [0.2, 0.25) is 0 Å². The summed E-state index contributed by atoms with van der Waals surface area (Å²) in [6, 6.07) is 0. The Morgan fingerprint density at radius 2 is 2.38 bits per heavy atom. The SMILES string of the molecule is C=CCSc1ncnc2c1cnn2CCO. The molecule has 0 saturated carbocycles. The molecule has 0 saturated heterocycles. The summed E-state index contributed by atoms with van der Waals surface area (Å²) in [6.45, 7) is 4.17. The van der Waals surface area contributed by atoms with Crippen LogP contribution in [0.1, 0.15) is 0 Å². The van der Waals surface area contributed by atoms with Crippen LogP contribution in [-0.2, 0) is 6.54 Å². The molecule has 0 bridgehead atoms. The number of hydrogen-bond acceptors (Lipinski definition) is 5. The molecule has 0 amide bonds. The van der Waals surface area contributed by atoms with Crippen molar-refractivity contribution >= 4 is 22.8 Å². The van der Waals surface area contributed by atoms with Gasteiger partial charge in [0.25, 0.3) is 0 Å². The zero-order valence-corrected chi connectivity index (χ0v) is 9.52. The number of nitrogens with zero attached hydrogens (tertiary/aromatic N) is 4. The second-order valence-electron chi connectivity index (χ2n) is 3.11. The first-order valence-corrected chi connectivity index (χ1v) is 5.86. The van der Waals surface area contributed by atoms with Gasteiger partial charge >= 0.3 is 0 Å². The predicted molar refractivity (Wildman–Crippen MR) is 63.3 cm³/mol. The van der Waals surface area contributed by atoms with E-state index in [0.717, 1.165) is 21.8 Å². The Hall–Kier alpha value is -1.40. The Bertz CT molecular complexity index is 497. The molecule has 0 unspecified atom stereocenters. The molecular weight excluding hydrogens is 224 g/mol. The summed E-state index contributed by atoms with van der Waals surface area (Å²) in [5.74, 6) is 0.803. The van der Waals surface area contributed by atoms with Gasteiger partial charge in [-0.15, -0.1) is 18.3 Å². The van der Waals surface area contributed by atoms with Crippen molar-refractivity contribution in [1.82, 2.24) is 19.7 Å². The molecule has 0 aliphatic carbocycles. The summed E-state index contributed by atoms with van der Waals surface area (Å²) in [5.41, 5.74) is 0.760. The van der Waals surface area contributed by atoms with Gasteiger partial charge in [0.05, 0.1) is 24.7 Å². The van der Waals surface area contributed by atoms with Gasteiger partial charge in [0.1, 0.15) is 11.4 Å². The van der Waals surface area contributed by atoms with E-state index < -0.39 is 0 Å². The van der Waals surface area contributed by atoms with Gasteiger partial charge in [0.15, 0.2) is 5.65 Å². The predicted octanol–water partition coefficient (Wildman–Crippen LogP) is 1.10. The van der Waals surface area contributed by atoms with Crippen molar-refractivity contribution in [3.8, 4) is 0 Å². The number of aliphatic hydroxyl groups is 1. The Labute approximate surface area is 97.2 Å². The number of aliphatic hydroxyl groups excluding tert-OH is 1. The van der Waals surface area contributed by atoms with Crippen LogP contribution in [0.4, 0.5) is 0 Å². The van der Waals surface area contributed by atoms with Crippen molar-refractivity contribution in [1.29, 1.82) is 0 Å². The van der Waals surface area contributed by atoms with Crippen LogP contribution in [0.3, 0.4) is 0 Å². The molecule has 2 aromatic heterocycles. The molecule has 2 aromatic rings. The highest BCUT2D eigenvalue weighted by Gasteiger charge is 2.08. The van der Waals surface area contributed by atoms with E-state index >= 15 is 0 Å². The fourth-order valence-electron chi connectivity index (χ4n) is 1.38. The Morgan fingerprint density at radius 1 is 1.50 bits per heavy atom. The van der Waals surface area contributed by atoms with Crippen LogP contribution < -0.4 is 0 Å². The number of rotatable bonds is 5. The zero-order valence-electron chi connectivity index (χ0n) is 8.70. The van der Waals surface area contributed by atoms with Gasteiger partial charge in [-0.25, -0.2) is 14.6 Å². The van der Waals surface area contributed by atoms with E-state index in [4.69, 9.17) is 5.11 Å². The van der Waals surface area contributed by atoms with E-state index in [-0.39, 0.29) is 6.61 Å². The van der Waals surface area contributed by atoms with E-state index in [1.54, 1.807) is 22.6 Å². The van der Waals surface area contributed by atoms with E-state index in [1.165, 1.54) is 6.33 Å². The molecule has 0 spiro atoms. The maximum absolute atomic E-state index is 8.89. The van der Waals surface area contributed by atoms with Gasteiger partial charge in [-0.1, -0.05) is 6.08 Å². The number of hydrogen-bond donors (Lipinski definition) is 1. The van der Waals surface area contributed by atoms with Gasteiger partial charge in [0, 0.05) is 5.75 Å². The minimum atomic E-state index is 0.0515.